The van der Waals surface area contributed by atoms with Gasteiger partial charge in [-0.3, -0.25) is 6.29 Å². The van der Waals surface area contributed by atoms with E-state index in [1.807, 2.05) is 13.8 Å². The van der Waals surface area contributed by atoms with Crippen molar-refractivity contribution in [1.82, 2.24) is 0 Å². The van der Waals surface area contributed by atoms with Crippen molar-refractivity contribution in [3.8, 4) is 0 Å². The third-order valence-corrected chi connectivity index (χ3v) is 2.73. The largest absolute Gasteiger partial charge is 0.541 e. The molecule has 0 N–H and O–H groups in total. The van der Waals surface area contributed by atoms with Crippen LogP contribution in [0, 0.1) is 5.92 Å². The third-order valence-electron chi connectivity index (χ3n) is 2.73. The first-order chi connectivity index (χ1) is 5.09. The Labute approximate surface area is 84.1 Å². The molecule has 0 aromatic heterocycles. The van der Waals surface area contributed by atoms with E-state index in [1.165, 1.54) is 11.1 Å². The second kappa shape index (κ2) is 4.05. The molecule has 0 saturated heterocycles. The summed E-state index contributed by atoms with van der Waals surface area (Å²) in [4.78, 5) is 10.5. The molecule has 1 aliphatic rings. The summed E-state index contributed by atoms with van der Waals surface area (Å²) in [6.07, 6.45) is 2.06. The fraction of sp³-hybridized carbons (Fsp3) is 0.500. The summed E-state index contributed by atoms with van der Waals surface area (Å²) in [6, 6.07) is 0. The molecule has 1 nitrogen and oxygen atoms in total. The van der Waals surface area contributed by atoms with Gasteiger partial charge >= 0.3 is 0 Å². The molecule has 0 unspecified atom stereocenters. The predicted octanol–water partition coefficient (Wildman–Crippen LogP) is 2.40. The molecular weight excluding hydrogens is 195 g/mol. The van der Waals surface area contributed by atoms with Gasteiger partial charge in [-0.1, -0.05) is 28.2 Å². The summed E-state index contributed by atoms with van der Waals surface area (Å²) in [5.41, 5.74) is 4.84. The van der Waals surface area contributed by atoms with E-state index in [4.69, 9.17) is 0 Å². The predicted molar refractivity (Wildman–Crippen MR) is 45.9 cm³/mol. The molecule has 0 fully saturated rings. The minimum absolute atomic E-state index is 0. The van der Waals surface area contributed by atoms with Gasteiger partial charge < -0.3 is 4.79 Å². The van der Waals surface area contributed by atoms with Gasteiger partial charge in [0.05, 0.1) is 0 Å². The van der Waals surface area contributed by atoms with Crippen molar-refractivity contribution in [2.24, 2.45) is 5.92 Å². The first kappa shape index (κ1) is 11.7. The maximum atomic E-state index is 10.5. The van der Waals surface area contributed by atoms with Crippen LogP contribution in [0.15, 0.2) is 22.3 Å². The van der Waals surface area contributed by atoms with Gasteiger partial charge in [0.1, 0.15) is 0 Å². The van der Waals surface area contributed by atoms with E-state index in [0.717, 1.165) is 11.1 Å². The quantitative estimate of drug-likeness (QED) is 0.604. The van der Waals surface area contributed by atoms with Crippen LogP contribution in [0.4, 0.5) is 0 Å². The fourth-order valence-electron chi connectivity index (χ4n) is 1.53. The molecule has 0 spiro atoms. The SMILES string of the molecule is CC1=C(C)C([C-]=O)C(C)=C1C.[Co]. The molecule has 2 heteroatoms. The third kappa shape index (κ3) is 1.54. The van der Waals surface area contributed by atoms with Crippen LogP contribution in [0.5, 0.6) is 0 Å². The molecule has 0 heterocycles. The Hall–Kier alpha value is -0.344. The van der Waals surface area contributed by atoms with Gasteiger partial charge in [-0.05, 0) is 27.7 Å². The summed E-state index contributed by atoms with van der Waals surface area (Å²) in [5.74, 6) is -0.0602. The van der Waals surface area contributed by atoms with E-state index < -0.39 is 0 Å². The van der Waals surface area contributed by atoms with Crippen molar-refractivity contribution in [2.75, 3.05) is 0 Å². The summed E-state index contributed by atoms with van der Waals surface area (Å²) < 4.78 is 0. The smallest absolute Gasteiger partial charge is 0 e. The van der Waals surface area contributed by atoms with Crippen molar-refractivity contribution < 1.29 is 21.6 Å². The Bertz CT molecular complexity index is 237. The van der Waals surface area contributed by atoms with Gasteiger partial charge in [0.15, 0.2) is 0 Å². The number of hydrogen-bond acceptors (Lipinski definition) is 1. The Morgan fingerprint density at radius 2 is 1.33 bits per heavy atom. The molecule has 0 saturated carbocycles. The minimum atomic E-state index is -0.0602. The zero-order valence-corrected chi connectivity index (χ0v) is 8.86. The number of rotatable bonds is 1. The normalized spacial score (nSPS) is 18.3. The van der Waals surface area contributed by atoms with Gasteiger partial charge in [-0.25, -0.2) is 0 Å². The Morgan fingerprint density at radius 3 is 1.50 bits per heavy atom. The first-order valence-corrected chi connectivity index (χ1v) is 3.82. The summed E-state index contributed by atoms with van der Waals surface area (Å²) in [7, 11) is 0. The van der Waals surface area contributed by atoms with E-state index in [1.54, 1.807) is 0 Å². The van der Waals surface area contributed by atoms with E-state index in [0.29, 0.717) is 0 Å². The average molecular weight is 208 g/mol. The van der Waals surface area contributed by atoms with Crippen molar-refractivity contribution >= 4 is 6.29 Å². The summed E-state index contributed by atoms with van der Waals surface area (Å²) in [6.45, 7) is 8.13. The summed E-state index contributed by atoms with van der Waals surface area (Å²) >= 11 is 0. The maximum absolute atomic E-state index is 10.5. The Balaban J connectivity index is 0.00000121. The molecular formula is C10H13CoO-. The molecule has 1 rings (SSSR count). The molecule has 12 heavy (non-hydrogen) atoms. The fourth-order valence-corrected chi connectivity index (χ4v) is 1.53. The van der Waals surface area contributed by atoms with Crippen LogP contribution in [0.3, 0.4) is 0 Å². The van der Waals surface area contributed by atoms with Crippen molar-refractivity contribution in [2.45, 2.75) is 27.7 Å². The van der Waals surface area contributed by atoms with E-state index in [-0.39, 0.29) is 22.7 Å². The first-order valence-electron chi connectivity index (χ1n) is 3.82. The Morgan fingerprint density at radius 1 is 1.00 bits per heavy atom. The van der Waals surface area contributed by atoms with Gasteiger partial charge in [0, 0.05) is 16.8 Å². The monoisotopic (exact) mass is 208 g/mol. The van der Waals surface area contributed by atoms with E-state index >= 15 is 0 Å². The summed E-state index contributed by atoms with van der Waals surface area (Å²) in [5, 5.41) is 0. The van der Waals surface area contributed by atoms with Crippen molar-refractivity contribution in [3.63, 3.8) is 0 Å². The zero-order valence-electron chi connectivity index (χ0n) is 7.82. The molecule has 1 aliphatic carbocycles. The molecule has 0 aliphatic heterocycles. The standard InChI is InChI=1S/C10H13O.Co/c1-6-7(2)9(4)10(5-11)8(6)3;/h10H,1-4H3;/q-1;. The van der Waals surface area contributed by atoms with Crippen LogP contribution in [-0.2, 0) is 21.6 Å². The van der Waals surface area contributed by atoms with Crippen LogP contribution in [0.25, 0.3) is 0 Å². The van der Waals surface area contributed by atoms with Gasteiger partial charge in [0.2, 0.25) is 0 Å². The topological polar surface area (TPSA) is 17.1 Å². The maximum Gasteiger partial charge on any atom is 0 e. The molecule has 69 valence electrons. The Kier molecular flexibility index (Phi) is 3.94. The molecule has 0 aromatic rings. The van der Waals surface area contributed by atoms with Gasteiger partial charge in [0.25, 0.3) is 0 Å². The van der Waals surface area contributed by atoms with E-state index in [9.17, 15) is 4.79 Å². The molecule has 0 atom stereocenters. The second-order valence-corrected chi connectivity index (χ2v) is 3.17. The van der Waals surface area contributed by atoms with Crippen LogP contribution >= 0.6 is 0 Å². The average Bonchev–Trinajstić information content (AvgIpc) is 2.17. The minimum Gasteiger partial charge on any atom is -0.541 e. The molecule has 1 radical (unpaired) electrons. The zero-order chi connectivity index (χ0) is 8.59. The van der Waals surface area contributed by atoms with Gasteiger partial charge in [-0.15, -0.1) is 0 Å². The van der Waals surface area contributed by atoms with Crippen molar-refractivity contribution in [3.05, 3.63) is 22.3 Å². The van der Waals surface area contributed by atoms with Crippen molar-refractivity contribution in [1.29, 1.82) is 0 Å². The van der Waals surface area contributed by atoms with Crippen LogP contribution in [-0.4, -0.2) is 6.29 Å². The van der Waals surface area contributed by atoms with Crippen LogP contribution in [0.2, 0.25) is 0 Å². The number of hydrogen-bond donors (Lipinski definition) is 0. The van der Waals surface area contributed by atoms with E-state index in [2.05, 4.69) is 20.1 Å². The van der Waals surface area contributed by atoms with Crippen LogP contribution in [0.1, 0.15) is 27.7 Å². The second-order valence-electron chi connectivity index (χ2n) is 3.17. The van der Waals surface area contributed by atoms with Gasteiger partial charge in [-0.2, -0.15) is 0 Å². The molecule has 0 aromatic carbocycles. The number of carbonyl (C=O) groups excluding carboxylic acids is 1. The molecule has 0 bridgehead atoms. The van der Waals surface area contributed by atoms with Crippen LogP contribution < -0.4 is 0 Å². The molecule has 0 amide bonds. The number of allylic oxidation sites excluding steroid dienone is 4.